The molecule has 6 nitrogen and oxygen atoms in total. The van der Waals surface area contributed by atoms with E-state index in [1.165, 1.54) is 0 Å². The van der Waals surface area contributed by atoms with Crippen LogP contribution in [0.4, 0.5) is 4.79 Å². The molecular weight excluding hydrogens is 380 g/mol. The summed E-state index contributed by atoms with van der Waals surface area (Å²) in [5.74, 6) is -1.02. The molecule has 0 saturated heterocycles. The van der Waals surface area contributed by atoms with Gasteiger partial charge >= 0.3 is 12.1 Å². The van der Waals surface area contributed by atoms with E-state index in [2.05, 4.69) is 34.6 Å². The molecule has 30 heavy (non-hydrogen) atoms. The van der Waals surface area contributed by atoms with Gasteiger partial charge in [0, 0.05) is 24.4 Å². The fourth-order valence-corrected chi connectivity index (χ4v) is 4.00. The van der Waals surface area contributed by atoms with Crippen LogP contribution in [-0.4, -0.2) is 34.8 Å². The van der Waals surface area contributed by atoms with Gasteiger partial charge in [-0.3, -0.25) is 9.78 Å². The molecule has 0 radical (unpaired) electrons. The van der Waals surface area contributed by atoms with Crippen LogP contribution in [0.3, 0.4) is 0 Å². The van der Waals surface area contributed by atoms with Crippen LogP contribution in [0.2, 0.25) is 0 Å². The van der Waals surface area contributed by atoms with E-state index in [9.17, 15) is 14.7 Å². The Bertz CT molecular complexity index is 1010. The van der Waals surface area contributed by atoms with Crippen LogP contribution in [-0.2, 0) is 16.0 Å². The highest BCUT2D eigenvalue weighted by molar-refractivity contribution is 5.79. The van der Waals surface area contributed by atoms with Gasteiger partial charge in [0.2, 0.25) is 0 Å². The van der Waals surface area contributed by atoms with Gasteiger partial charge in [0.05, 0.1) is 6.42 Å². The summed E-state index contributed by atoms with van der Waals surface area (Å²) < 4.78 is 5.53. The minimum absolute atomic E-state index is 0.0405. The zero-order valence-corrected chi connectivity index (χ0v) is 16.3. The second-order valence-electron chi connectivity index (χ2n) is 7.32. The molecule has 152 valence electrons. The van der Waals surface area contributed by atoms with Crippen molar-refractivity contribution in [1.29, 1.82) is 0 Å². The highest BCUT2D eigenvalue weighted by atomic mass is 16.5. The van der Waals surface area contributed by atoms with Crippen molar-refractivity contribution in [2.45, 2.75) is 24.8 Å². The van der Waals surface area contributed by atoms with Gasteiger partial charge in [-0.15, -0.1) is 0 Å². The molecule has 2 N–H and O–H groups in total. The number of benzene rings is 2. The fraction of sp³-hybridized carbons (Fsp3) is 0.208. The van der Waals surface area contributed by atoms with Crippen LogP contribution >= 0.6 is 0 Å². The van der Waals surface area contributed by atoms with Crippen LogP contribution in [0.15, 0.2) is 73.1 Å². The Balaban J connectivity index is 1.43. The van der Waals surface area contributed by atoms with Crippen molar-refractivity contribution in [3.63, 3.8) is 0 Å². The lowest BCUT2D eigenvalue weighted by Crippen LogP contribution is -2.39. The number of aliphatic carboxylic acids is 1. The van der Waals surface area contributed by atoms with Crippen molar-refractivity contribution in [2.75, 3.05) is 6.61 Å². The molecule has 1 aliphatic carbocycles. The van der Waals surface area contributed by atoms with E-state index < -0.39 is 18.1 Å². The summed E-state index contributed by atoms with van der Waals surface area (Å²) in [5.41, 5.74) is 5.47. The monoisotopic (exact) mass is 402 g/mol. The Hall–Kier alpha value is -3.67. The quantitative estimate of drug-likeness (QED) is 0.623. The molecule has 1 atom stereocenters. The smallest absolute Gasteiger partial charge is 0.407 e. The molecule has 0 bridgehead atoms. The van der Waals surface area contributed by atoms with E-state index in [0.29, 0.717) is 6.42 Å². The first-order chi connectivity index (χ1) is 14.6. The number of nitrogens with one attached hydrogen (secondary N) is 1. The number of amides is 1. The Labute approximate surface area is 174 Å². The summed E-state index contributed by atoms with van der Waals surface area (Å²) in [6.07, 6.45) is 2.86. The SMILES string of the molecule is O=C(O)C[C@@H](Cc1ccncc1)NC(=O)OCC1c2ccccc2-c2ccccc21. The molecule has 0 aliphatic heterocycles. The highest BCUT2D eigenvalue weighted by Gasteiger charge is 2.29. The van der Waals surface area contributed by atoms with E-state index in [-0.39, 0.29) is 18.9 Å². The summed E-state index contributed by atoms with van der Waals surface area (Å²) >= 11 is 0. The van der Waals surface area contributed by atoms with Crippen LogP contribution in [0, 0.1) is 0 Å². The lowest BCUT2D eigenvalue weighted by Gasteiger charge is -2.19. The van der Waals surface area contributed by atoms with Gasteiger partial charge in [-0.05, 0) is 46.4 Å². The number of carbonyl (C=O) groups is 2. The molecule has 1 aliphatic rings. The van der Waals surface area contributed by atoms with Crippen molar-refractivity contribution < 1.29 is 19.4 Å². The van der Waals surface area contributed by atoms with Gasteiger partial charge in [0.15, 0.2) is 0 Å². The number of alkyl carbamates (subject to hydrolysis) is 1. The summed E-state index contributed by atoms with van der Waals surface area (Å²) in [5, 5.41) is 11.9. The van der Waals surface area contributed by atoms with E-state index in [0.717, 1.165) is 27.8 Å². The maximum absolute atomic E-state index is 12.5. The summed E-state index contributed by atoms with van der Waals surface area (Å²) in [6.45, 7) is 0.189. The normalized spacial score (nSPS) is 13.2. The third-order valence-corrected chi connectivity index (χ3v) is 5.32. The molecule has 6 heteroatoms. The van der Waals surface area contributed by atoms with E-state index in [4.69, 9.17) is 4.74 Å². The van der Waals surface area contributed by atoms with Gasteiger partial charge in [0.25, 0.3) is 0 Å². The average Bonchev–Trinajstić information content (AvgIpc) is 3.06. The summed E-state index contributed by atoms with van der Waals surface area (Å²) in [4.78, 5) is 27.6. The number of rotatable bonds is 7. The van der Waals surface area contributed by atoms with E-state index in [1.807, 2.05) is 24.3 Å². The number of ether oxygens (including phenoxy) is 1. The Morgan fingerprint density at radius 2 is 1.57 bits per heavy atom. The lowest BCUT2D eigenvalue weighted by atomic mass is 9.98. The number of hydrogen-bond acceptors (Lipinski definition) is 4. The number of aromatic nitrogens is 1. The molecule has 0 spiro atoms. The predicted octanol–water partition coefficient (Wildman–Crippen LogP) is 4.01. The maximum Gasteiger partial charge on any atom is 0.407 e. The highest BCUT2D eigenvalue weighted by Crippen LogP contribution is 2.44. The van der Waals surface area contributed by atoms with Crippen molar-refractivity contribution >= 4 is 12.1 Å². The van der Waals surface area contributed by atoms with Crippen LogP contribution < -0.4 is 5.32 Å². The van der Waals surface area contributed by atoms with Gasteiger partial charge < -0.3 is 15.2 Å². The lowest BCUT2D eigenvalue weighted by molar-refractivity contribution is -0.137. The third kappa shape index (κ3) is 4.33. The van der Waals surface area contributed by atoms with Crippen LogP contribution in [0.1, 0.15) is 29.0 Å². The minimum Gasteiger partial charge on any atom is -0.481 e. The first-order valence-corrected chi connectivity index (χ1v) is 9.84. The number of carbonyl (C=O) groups excluding carboxylic acids is 1. The molecule has 0 saturated carbocycles. The topological polar surface area (TPSA) is 88.5 Å². The largest absolute Gasteiger partial charge is 0.481 e. The van der Waals surface area contributed by atoms with Crippen molar-refractivity contribution in [3.05, 3.63) is 89.7 Å². The van der Waals surface area contributed by atoms with E-state index >= 15 is 0 Å². The van der Waals surface area contributed by atoms with Crippen molar-refractivity contribution in [3.8, 4) is 11.1 Å². The molecule has 0 fully saturated rings. The Morgan fingerprint density at radius 1 is 0.967 bits per heavy atom. The van der Waals surface area contributed by atoms with Crippen molar-refractivity contribution in [2.24, 2.45) is 0 Å². The predicted molar refractivity (Wildman–Crippen MR) is 112 cm³/mol. The molecule has 1 amide bonds. The van der Waals surface area contributed by atoms with Gasteiger partial charge in [-0.2, -0.15) is 0 Å². The van der Waals surface area contributed by atoms with Crippen LogP contribution in [0.25, 0.3) is 11.1 Å². The molecule has 4 rings (SSSR count). The van der Waals surface area contributed by atoms with Gasteiger partial charge in [0.1, 0.15) is 6.61 Å². The number of carboxylic acids is 1. The fourth-order valence-electron chi connectivity index (χ4n) is 4.00. The Morgan fingerprint density at radius 3 is 2.17 bits per heavy atom. The maximum atomic E-state index is 12.5. The van der Waals surface area contributed by atoms with Gasteiger partial charge in [-0.1, -0.05) is 48.5 Å². The zero-order valence-electron chi connectivity index (χ0n) is 16.3. The molecule has 3 aromatic rings. The third-order valence-electron chi connectivity index (χ3n) is 5.32. The number of nitrogens with zero attached hydrogens (tertiary/aromatic N) is 1. The number of fused-ring (bicyclic) bond motifs is 3. The number of pyridine rings is 1. The van der Waals surface area contributed by atoms with E-state index in [1.54, 1.807) is 24.5 Å². The second kappa shape index (κ2) is 8.78. The number of hydrogen-bond donors (Lipinski definition) is 2. The zero-order chi connectivity index (χ0) is 20.9. The molecule has 0 unspecified atom stereocenters. The van der Waals surface area contributed by atoms with Crippen molar-refractivity contribution in [1.82, 2.24) is 10.3 Å². The standard InChI is InChI=1S/C24H22N2O4/c27-23(28)14-17(13-16-9-11-25-12-10-16)26-24(29)30-15-22-20-7-3-1-5-18(20)19-6-2-4-8-21(19)22/h1-12,17,22H,13-15H2,(H,26,29)(H,27,28)/t17-/m1/s1. The molecule has 2 aromatic carbocycles. The second-order valence-corrected chi connectivity index (χ2v) is 7.32. The first-order valence-electron chi connectivity index (χ1n) is 9.84. The molecule has 1 aromatic heterocycles. The molecular formula is C24H22N2O4. The van der Waals surface area contributed by atoms with Crippen LogP contribution in [0.5, 0.6) is 0 Å². The molecule has 1 heterocycles. The average molecular weight is 402 g/mol. The summed E-state index contributed by atoms with van der Waals surface area (Å²) in [7, 11) is 0. The van der Waals surface area contributed by atoms with Gasteiger partial charge in [-0.25, -0.2) is 4.79 Å². The minimum atomic E-state index is -0.979. The number of carboxylic acid groups (broad SMARTS) is 1. The first kappa shape index (κ1) is 19.6. The summed E-state index contributed by atoms with van der Waals surface area (Å²) in [6, 6.07) is 19.3. The Kier molecular flexibility index (Phi) is 5.75.